The van der Waals surface area contributed by atoms with E-state index >= 15 is 0 Å². The van der Waals surface area contributed by atoms with Crippen LogP contribution in [0.1, 0.15) is 37.9 Å². The van der Waals surface area contributed by atoms with Crippen LogP contribution in [0.25, 0.3) is 0 Å². The summed E-state index contributed by atoms with van der Waals surface area (Å²) in [7, 11) is -2.36. The Hall–Kier alpha value is -2.25. The summed E-state index contributed by atoms with van der Waals surface area (Å²) >= 11 is 6.06. The van der Waals surface area contributed by atoms with Crippen molar-refractivity contribution in [1.29, 1.82) is 0 Å². The lowest BCUT2D eigenvalue weighted by Gasteiger charge is -2.30. The van der Waals surface area contributed by atoms with E-state index in [1.807, 2.05) is 31.2 Å². The number of rotatable bonds is 8. The maximum absolute atomic E-state index is 12.9. The Morgan fingerprint density at radius 2 is 1.79 bits per heavy atom. The quantitative estimate of drug-likeness (QED) is 0.677. The number of hydrogen-bond acceptors (Lipinski definition) is 4. The van der Waals surface area contributed by atoms with Crippen molar-refractivity contribution in [3.05, 3.63) is 58.6 Å². The second kappa shape index (κ2) is 9.50. The van der Waals surface area contributed by atoms with Gasteiger partial charge in [0.25, 0.3) is 0 Å². The highest BCUT2D eigenvalue weighted by Crippen LogP contribution is 2.34. The topological polar surface area (TPSA) is 75.7 Å². The molecule has 2 rings (SSSR count). The third-order valence-electron chi connectivity index (χ3n) is 4.71. The van der Waals surface area contributed by atoms with Crippen LogP contribution in [0, 0.1) is 0 Å². The predicted molar refractivity (Wildman–Crippen MR) is 117 cm³/mol. The minimum atomic E-state index is -3.79. The molecule has 2 atom stereocenters. The van der Waals surface area contributed by atoms with Crippen molar-refractivity contribution >= 4 is 33.2 Å². The van der Waals surface area contributed by atoms with Crippen molar-refractivity contribution in [2.24, 2.45) is 0 Å². The number of aryl methyl sites for hydroxylation is 1. The third-order valence-corrected chi connectivity index (χ3v) is 6.18. The molecule has 0 fully saturated rings. The van der Waals surface area contributed by atoms with Gasteiger partial charge in [-0.05, 0) is 49.6 Å². The molecule has 0 heterocycles. The minimum absolute atomic E-state index is 0.213. The van der Waals surface area contributed by atoms with E-state index in [0.29, 0.717) is 10.8 Å². The van der Waals surface area contributed by atoms with E-state index in [9.17, 15) is 13.2 Å². The number of sulfonamides is 1. The molecule has 1 amide bonds. The maximum Gasteiger partial charge on any atom is 0.244 e. The van der Waals surface area contributed by atoms with E-state index in [0.717, 1.165) is 22.5 Å². The maximum atomic E-state index is 12.9. The fraction of sp³-hybridized carbons (Fsp3) is 0.381. The lowest BCUT2D eigenvalue weighted by atomic mass is 10.0. The number of halogens is 1. The first-order chi connectivity index (χ1) is 13.6. The van der Waals surface area contributed by atoms with Crippen molar-refractivity contribution in [3.63, 3.8) is 0 Å². The van der Waals surface area contributed by atoms with E-state index in [1.54, 1.807) is 12.1 Å². The van der Waals surface area contributed by atoms with Gasteiger partial charge >= 0.3 is 0 Å². The van der Waals surface area contributed by atoms with Crippen LogP contribution in [-0.2, 0) is 21.2 Å². The number of methoxy groups -OCH3 is 1. The normalized spacial score (nSPS) is 13.4. The first kappa shape index (κ1) is 23.0. The van der Waals surface area contributed by atoms with Gasteiger partial charge in [0.15, 0.2) is 0 Å². The molecule has 0 aliphatic heterocycles. The van der Waals surface area contributed by atoms with Gasteiger partial charge in [0.05, 0.1) is 25.1 Å². The minimum Gasteiger partial charge on any atom is -0.495 e. The van der Waals surface area contributed by atoms with Crippen LogP contribution in [-0.4, -0.2) is 33.7 Å². The summed E-state index contributed by atoms with van der Waals surface area (Å²) in [5.74, 6) is -0.118. The molecular weight excluding hydrogens is 412 g/mol. The Morgan fingerprint density at radius 3 is 2.31 bits per heavy atom. The molecule has 2 aromatic carbocycles. The van der Waals surface area contributed by atoms with Crippen LogP contribution in [0.2, 0.25) is 5.02 Å². The fourth-order valence-corrected chi connectivity index (χ4v) is 4.41. The highest BCUT2D eigenvalue weighted by Gasteiger charge is 2.32. The first-order valence-electron chi connectivity index (χ1n) is 9.30. The molecule has 0 saturated heterocycles. The lowest BCUT2D eigenvalue weighted by molar-refractivity contribution is -0.122. The Balaban J connectivity index is 2.30. The van der Waals surface area contributed by atoms with E-state index < -0.39 is 22.0 Å². The molecule has 29 heavy (non-hydrogen) atoms. The summed E-state index contributed by atoms with van der Waals surface area (Å²) in [6.07, 6.45) is 1.98. The highest BCUT2D eigenvalue weighted by molar-refractivity contribution is 7.92. The van der Waals surface area contributed by atoms with Crippen LogP contribution < -0.4 is 14.4 Å². The Labute approximate surface area is 177 Å². The molecule has 0 aromatic heterocycles. The third kappa shape index (κ3) is 5.64. The summed E-state index contributed by atoms with van der Waals surface area (Å²) < 4.78 is 31.4. The molecule has 0 unspecified atom stereocenters. The van der Waals surface area contributed by atoms with Gasteiger partial charge in [-0.3, -0.25) is 9.10 Å². The number of amides is 1. The molecule has 2 aromatic rings. The predicted octanol–water partition coefficient (Wildman–Crippen LogP) is 3.94. The number of ether oxygens (including phenoxy) is 1. The van der Waals surface area contributed by atoms with Crippen LogP contribution in [0.3, 0.4) is 0 Å². The van der Waals surface area contributed by atoms with Gasteiger partial charge in [-0.25, -0.2) is 8.42 Å². The average molecular weight is 439 g/mol. The Bertz CT molecular complexity index is 961. The van der Waals surface area contributed by atoms with Gasteiger partial charge in [-0.1, -0.05) is 42.8 Å². The van der Waals surface area contributed by atoms with Crippen molar-refractivity contribution in [1.82, 2.24) is 5.32 Å². The molecular formula is C21H27ClN2O4S. The molecule has 0 aliphatic rings. The molecule has 0 aliphatic carbocycles. The summed E-state index contributed by atoms with van der Waals surface area (Å²) in [6.45, 7) is 5.46. The van der Waals surface area contributed by atoms with Crippen LogP contribution in [0.4, 0.5) is 5.69 Å². The first-order valence-corrected chi connectivity index (χ1v) is 11.5. The number of carbonyl (C=O) groups is 1. The summed E-state index contributed by atoms with van der Waals surface area (Å²) in [6, 6.07) is 11.3. The van der Waals surface area contributed by atoms with Gasteiger partial charge in [0.1, 0.15) is 11.8 Å². The number of carbonyl (C=O) groups excluding carboxylic acids is 1. The number of nitrogens with zero attached hydrogens (tertiary/aromatic N) is 1. The van der Waals surface area contributed by atoms with E-state index in [2.05, 4.69) is 12.2 Å². The summed E-state index contributed by atoms with van der Waals surface area (Å²) in [4.78, 5) is 12.9. The molecule has 6 nitrogen and oxygen atoms in total. The number of anilines is 1. The largest absolute Gasteiger partial charge is 0.495 e. The number of hydrogen-bond donors (Lipinski definition) is 1. The molecule has 158 valence electrons. The fourth-order valence-electron chi connectivity index (χ4n) is 3.08. The lowest BCUT2D eigenvalue weighted by Crippen LogP contribution is -2.48. The molecule has 0 radical (unpaired) electrons. The zero-order chi connectivity index (χ0) is 21.8. The number of benzene rings is 2. The van der Waals surface area contributed by atoms with Gasteiger partial charge in [0, 0.05) is 5.02 Å². The van der Waals surface area contributed by atoms with Crippen molar-refractivity contribution < 1.29 is 17.9 Å². The smallest absolute Gasteiger partial charge is 0.244 e. The molecule has 0 saturated carbocycles. The molecule has 0 bridgehead atoms. The van der Waals surface area contributed by atoms with Crippen molar-refractivity contribution in [3.8, 4) is 5.75 Å². The zero-order valence-electron chi connectivity index (χ0n) is 17.3. The molecule has 8 heteroatoms. The Morgan fingerprint density at radius 1 is 1.17 bits per heavy atom. The van der Waals surface area contributed by atoms with Gasteiger partial charge in [0.2, 0.25) is 15.9 Å². The molecule has 0 spiro atoms. The standard InChI is InChI=1S/C21H27ClN2O4S/c1-6-16-7-9-17(10-8-16)14(2)23-21(25)15(3)24(29(5,26)27)19-13-18(22)11-12-20(19)28-4/h7-15H,6H2,1-5H3,(H,23,25)/t14-,15-/m0/s1. The van der Waals surface area contributed by atoms with Crippen LogP contribution in [0.15, 0.2) is 42.5 Å². The second-order valence-electron chi connectivity index (χ2n) is 6.88. The van der Waals surface area contributed by atoms with Crippen molar-refractivity contribution in [2.45, 2.75) is 39.3 Å². The highest BCUT2D eigenvalue weighted by atomic mass is 35.5. The Kier molecular flexibility index (Phi) is 7.54. The van der Waals surface area contributed by atoms with Gasteiger partial charge in [-0.15, -0.1) is 0 Å². The van der Waals surface area contributed by atoms with Crippen molar-refractivity contribution in [2.75, 3.05) is 17.7 Å². The van der Waals surface area contributed by atoms with Gasteiger partial charge in [-0.2, -0.15) is 0 Å². The zero-order valence-corrected chi connectivity index (χ0v) is 18.8. The van der Waals surface area contributed by atoms with Crippen LogP contribution >= 0.6 is 11.6 Å². The van der Waals surface area contributed by atoms with Crippen LogP contribution in [0.5, 0.6) is 5.75 Å². The summed E-state index contributed by atoms with van der Waals surface area (Å²) in [5, 5.41) is 3.23. The SMILES string of the molecule is CCc1ccc([C@H](C)NC(=O)[C@H](C)N(c2cc(Cl)ccc2OC)S(C)(=O)=O)cc1. The number of nitrogens with one attached hydrogen (secondary N) is 1. The van der Waals surface area contributed by atoms with E-state index in [1.165, 1.54) is 25.7 Å². The average Bonchev–Trinajstić information content (AvgIpc) is 2.67. The monoisotopic (exact) mass is 438 g/mol. The second-order valence-corrected chi connectivity index (χ2v) is 9.17. The van der Waals surface area contributed by atoms with E-state index in [4.69, 9.17) is 16.3 Å². The summed E-state index contributed by atoms with van der Waals surface area (Å²) in [5.41, 5.74) is 2.36. The van der Waals surface area contributed by atoms with E-state index in [-0.39, 0.29) is 11.7 Å². The van der Waals surface area contributed by atoms with Gasteiger partial charge < -0.3 is 10.1 Å². The molecule has 1 N–H and O–H groups in total.